The van der Waals surface area contributed by atoms with Crippen LogP contribution in [0.15, 0.2) is 24.3 Å². The molecule has 0 N–H and O–H groups in total. The van der Waals surface area contributed by atoms with E-state index in [1.807, 2.05) is 31.2 Å². The summed E-state index contributed by atoms with van der Waals surface area (Å²) in [6.45, 7) is 6.98. The summed E-state index contributed by atoms with van der Waals surface area (Å²) in [7, 11) is 0. The highest BCUT2D eigenvalue weighted by Gasteiger charge is 2.35. The molecular formula is C16H22O2. The summed E-state index contributed by atoms with van der Waals surface area (Å²) in [6, 6.07) is 7.89. The standard InChI is InChI=1S/C16H22O2/c1-4-16(3)11-14(9-10-18-16)15(17)13-7-5-12(2)6-8-13/h5-8,14H,4,9-11H2,1-3H3/t14-,16+/m0/s1. The largest absolute Gasteiger partial charge is 0.375 e. The minimum Gasteiger partial charge on any atom is -0.375 e. The smallest absolute Gasteiger partial charge is 0.166 e. The third-order valence-corrected chi connectivity index (χ3v) is 4.05. The highest BCUT2D eigenvalue weighted by Crippen LogP contribution is 2.33. The van der Waals surface area contributed by atoms with Gasteiger partial charge in [0.1, 0.15) is 0 Å². The number of aryl methyl sites for hydroxylation is 1. The Morgan fingerprint density at radius 1 is 1.39 bits per heavy atom. The van der Waals surface area contributed by atoms with Crippen molar-refractivity contribution in [3.05, 3.63) is 35.4 Å². The second-order valence-electron chi connectivity index (χ2n) is 5.57. The molecule has 1 heterocycles. The highest BCUT2D eigenvalue weighted by molar-refractivity contribution is 5.98. The van der Waals surface area contributed by atoms with Gasteiger partial charge in [0.25, 0.3) is 0 Å². The first-order valence-corrected chi connectivity index (χ1v) is 6.79. The van der Waals surface area contributed by atoms with Gasteiger partial charge in [-0.15, -0.1) is 0 Å². The number of carbonyl (C=O) groups is 1. The molecule has 0 spiro atoms. The van der Waals surface area contributed by atoms with Crippen LogP contribution >= 0.6 is 0 Å². The van der Waals surface area contributed by atoms with Crippen molar-refractivity contribution in [2.75, 3.05) is 6.61 Å². The van der Waals surface area contributed by atoms with Crippen LogP contribution in [-0.2, 0) is 4.74 Å². The second-order valence-corrected chi connectivity index (χ2v) is 5.57. The molecule has 18 heavy (non-hydrogen) atoms. The number of carbonyl (C=O) groups excluding carboxylic acids is 1. The lowest BCUT2D eigenvalue weighted by Gasteiger charge is -2.37. The average molecular weight is 246 g/mol. The van der Waals surface area contributed by atoms with Crippen molar-refractivity contribution in [3.8, 4) is 0 Å². The lowest BCUT2D eigenvalue weighted by Crippen LogP contribution is -2.39. The topological polar surface area (TPSA) is 26.3 Å². The molecule has 2 heteroatoms. The van der Waals surface area contributed by atoms with Gasteiger partial charge in [-0.2, -0.15) is 0 Å². The summed E-state index contributed by atoms with van der Waals surface area (Å²) < 4.78 is 5.80. The average Bonchev–Trinajstić information content (AvgIpc) is 2.39. The van der Waals surface area contributed by atoms with E-state index in [0.29, 0.717) is 6.61 Å². The van der Waals surface area contributed by atoms with Crippen LogP contribution in [0.4, 0.5) is 0 Å². The van der Waals surface area contributed by atoms with E-state index in [-0.39, 0.29) is 17.3 Å². The normalized spacial score (nSPS) is 28.1. The molecule has 1 aliphatic heterocycles. The molecule has 0 aliphatic carbocycles. The molecule has 0 saturated carbocycles. The Morgan fingerprint density at radius 3 is 2.67 bits per heavy atom. The minimum absolute atomic E-state index is 0.117. The molecule has 2 nitrogen and oxygen atoms in total. The van der Waals surface area contributed by atoms with E-state index in [0.717, 1.165) is 24.8 Å². The highest BCUT2D eigenvalue weighted by atomic mass is 16.5. The fourth-order valence-electron chi connectivity index (χ4n) is 2.55. The molecular weight excluding hydrogens is 224 g/mol. The van der Waals surface area contributed by atoms with E-state index in [4.69, 9.17) is 4.74 Å². The molecule has 1 aromatic carbocycles. The van der Waals surface area contributed by atoms with E-state index in [1.54, 1.807) is 0 Å². The molecule has 0 unspecified atom stereocenters. The molecule has 0 aromatic heterocycles. The molecule has 1 fully saturated rings. The van der Waals surface area contributed by atoms with Crippen molar-refractivity contribution >= 4 is 5.78 Å². The molecule has 2 atom stereocenters. The first-order chi connectivity index (χ1) is 8.54. The predicted octanol–water partition coefficient (Wildman–Crippen LogP) is 3.77. The van der Waals surface area contributed by atoms with E-state index >= 15 is 0 Å². The van der Waals surface area contributed by atoms with Crippen LogP contribution in [0.3, 0.4) is 0 Å². The zero-order valence-electron chi connectivity index (χ0n) is 11.5. The summed E-state index contributed by atoms with van der Waals surface area (Å²) in [5, 5.41) is 0. The third kappa shape index (κ3) is 2.81. The quantitative estimate of drug-likeness (QED) is 0.759. The van der Waals surface area contributed by atoms with E-state index in [9.17, 15) is 4.79 Å². The molecule has 0 amide bonds. The summed E-state index contributed by atoms with van der Waals surface area (Å²) in [4.78, 5) is 12.5. The van der Waals surface area contributed by atoms with E-state index in [1.165, 1.54) is 5.56 Å². The van der Waals surface area contributed by atoms with Gasteiger partial charge in [0.2, 0.25) is 0 Å². The number of ketones is 1. The molecule has 0 radical (unpaired) electrons. The van der Waals surface area contributed by atoms with Crippen molar-refractivity contribution in [1.29, 1.82) is 0 Å². The maximum Gasteiger partial charge on any atom is 0.166 e. The van der Waals surface area contributed by atoms with Crippen molar-refractivity contribution < 1.29 is 9.53 Å². The van der Waals surface area contributed by atoms with Crippen LogP contribution in [-0.4, -0.2) is 18.0 Å². The van der Waals surface area contributed by atoms with Gasteiger partial charge in [-0.3, -0.25) is 4.79 Å². The zero-order valence-corrected chi connectivity index (χ0v) is 11.5. The fraction of sp³-hybridized carbons (Fsp3) is 0.562. The first-order valence-electron chi connectivity index (χ1n) is 6.79. The molecule has 2 rings (SSSR count). The van der Waals surface area contributed by atoms with Gasteiger partial charge in [0, 0.05) is 18.1 Å². The van der Waals surface area contributed by atoms with E-state index in [2.05, 4.69) is 13.8 Å². The monoisotopic (exact) mass is 246 g/mol. The maximum absolute atomic E-state index is 12.5. The Hall–Kier alpha value is -1.15. The van der Waals surface area contributed by atoms with Gasteiger partial charge in [-0.1, -0.05) is 36.8 Å². The Bertz CT molecular complexity index is 421. The lowest BCUT2D eigenvalue weighted by atomic mass is 9.81. The zero-order chi connectivity index (χ0) is 13.2. The summed E-state index contributed by atoms with van der Waals surface area (Å²) >= 11 is 0. The predicted molar refractivity (Wildman–Crippen MR) is 72.9 cm³/mol. The molecule has 1 aliphatic rings. The Labute approximate surface area is 109 Å². The molecule has 1 saturated heterocycles. The van der Waals surface area contributed by atoms with Crippen LogP contribution in [0.25, 0.3) is 0 Å². The molecule has 1 aromatic rings. The SMILES string of the molecule is CC[C@]1(C)C[C@@H](C(=O)c2ccc(C)cc2)CCO1. The summed E-state index contributed by atoms with van der Waals surface area (Å²) in [5.41, 5.74) is 1.91. The summed E-state index contributed by atoms with van der Waals surface area (Å²) in [6.07, 6.45) is 2.66. The van der Waals surface area contributed by atoms with Crippen LogP contribution in [0.5, 0.6) is 0 Å². The van der Waals surface area contributed by atoms with Crippen molar-refractivity contribution in [2.24, 2.45) is 5.92 Å². The van der Waals surface area contributed by atoms with Crippen LogP contribution in [0.1, 0.15) is 49.0 Å². The third-order valence-electron chi connectivity index (χ3n) is 4.05. The number of rotatable bonds is 3. The van der Waals surface area contributed by atoms with Gasteiger partial charge in [0.15, 0.2) is 5.78 Å². The van der Waals surface area contributed by atoms with E-state index < -0.39 is 0 Å². The fourth-order valence-corrected chi connectivity index (χ4v) is 2.55. The minimum atomic E-state index is -0.122. The first kappa shape index (κ1) is 13.3. The number of benzene rings is 1. The van der Waals surface area contributed by atoms with Crippen molar-refractivity contribution in [2.45, 2.75) is 45.6 Å². The van der Waals surface area contributed by atoms with Crippen LogP contribution < -0.4 is 0 Å². The van der Waals surface area contributed by atoms with Gasteiger partial charge in [-0.25, -0.2) is 0 Å². The number of hydrogen-bond donors (Lipinski definition) is 0. The van der Waals surface area contributed by atoms with Gasteiger partial charge in [-0.05, 0) is 33.1 Å². The van der Waals surface area contributed by atoms with Gasteiger partial charge in [0.05, 0.1) is 5.60 Å². The Morgan fingerprint density at radius 2 is 2.06 bits per heavy atom. The lowest BCUT2D eigenvalue weighted by molar-refractivity contribution is -0.0811. The van der Waals surface area contributed by atoms with Gasteiger partial charge >= 0.3 is 0 Å². The Balaban J connectivity index is 2.11. The number of hydrogen-bond acceptors (Lipinski definition) is 2. The Kier molecular flexibility index (Phi) is 3.86. The maximum atomic E-state index is 12.5. The van der Waals surface area contributed by atoms with Crippen LogP contribution in [0, 0.1) is 12.8 Å². The second kappa shape index (κ2) is 5.23. The van der Waals surface area contributed by atoms with Crippen LogP contribution in [0.2, 0.25) is 0 Å². The van der Waals surface area contributed by atoms with Crippen molar-refractivity contribution in [3.63, 3.8) is 0 Å². The van der Waals surface area contributed by atoms with Crippen molar-refractivity contribution in [1.82, 2.24) is 0 Å². The van der Waals surface area contributed by atoms with Gasteiger partial charge < -0.3 is 4.74 Å². The summed E-state index contributed by atoms with van der Waals surface area (Å²) in [5.74, 6) is 0.393. The molecule has 0 bridgehead atoms. The molecule has 98 valence electrons. The number of ether oxygens (including phenoxy) is 1. The number of Topliss-reactive ketones (excluding diaryl/α,β-unsaturated/α-hetero) is 1.